The molecule has 0 atom stereocenters. The lowest BCUT2D eigenvalue weighted by molar-refractivity contribution is -0.126. The second kappa shape index (κ2) is 11.8. The van der Waals surface area contributed by atoms with Crippen molar-refractivity contribution in [1.29, 1.82) is 0 Å². The first-order valence-electron chi connectivity index (χ1n) is 13.6. The number of carbonyl (C=O) groups is 2. The lowest BCUT2D eigenvalue weighted by Gasteiger charge is -2.21. The fourth-order valence-corrected chi connectivity index (χ4v) is 5.41. The molecule has 3 aromatic carbocycles. The number of benzene rings is 3. The molecule has 2 amide bonds. The number of fused-ring (bicyclic) bond motifs is 1. The van der Waals surface area contributed by atoms with Crippen LogP contribution >= 0.6 is 0 Å². The number of amides is 2. The van der Waals surface area contributed by atoms with E-state index in [0.29, 0.717) is 29.1 Å². The Morgan fingerprint density at radius 3 is 2.49 bits per heavy atom. The SMILES string of the molecule is CN(C)Cc1ccc(NC(=C2C(=O)Nc3cc(F)ccc32)c2cccc(CNC(=O)C3CCCCC3)c2)cc1. The minimum absolute atomic E-state index is 0.0934. The molecular formula is C32H35FN4O2. The number of anilines is 2. The smallest absolute Gasteiger partial charge is 0.258 e. The maximum Gasteiger partial charge on any atom is 0.258 e. The second-order valence-electron chi connectivity index (χ2n) is 10.7. The van der Waals surface area contributed by atoms with Crippen LogP contribution in [-0.4, -0.2) is 30.8 Å². The van der Waals surface area contributed by atoms with Crippen molar-refractivity contribution in [3.8, 4) is 0 Å². The topological polar surface area (TPSA) is 73.5 Å². The molecule has 1 saturated carbocycles. The first-order chi connectivity index (χ1) is 18.9. The van der Waals surface area contributed by atoms with Gasteiger partial charge in [-0.05, 0) is 80.0 Å². The van der Waals surface area contributed by atoms with Crippen molar-refractivity contribution >= 4 is 34.5 Å². The molecule has 0 unspecified atom stereocenters. The maximum atomic E-state index is 13.9. The van der Waals surface area contributed by atoms with Gasteiger partial charge in [-0.1, -0.05) is 49.6 Å². The van der Waals surface area contributed by atoms with E-state index in [2.05, 4.69) is 33.0 Å². The highest BCUT2D eigenvalue weighted by Crippen LogP contribution is 2.38. The summed E-state index contributed by atoms with van der Waals surface area (Å²) < 4.78 is 13.9. The van der Waals surface area contributed by atoms with E-state index in [1.165, 1.54) is 24.1 Å². The number of rotatable bonds is 8. The Kier molecular flexibility index (Phi) is 8.07. The van der Waals surface area contributed by atoms with Crippen molar-refractivity contribution in [2.24, 2.45) is 5.92 Å². The van der Waals surface area contributed by atoms with E-state index in [-0.39, 0.29) is 17.7 Å². The zero-order valence-corrected chi connectivity index (χ0v) is 22.5. The number of hydrogen-bond donors (Lipinski definition) is 3. The average molecular weight is 527 g/mol. The Bertz CT molecular complexity index is 1390. The van der Waals surface area contributed by atoms with Gasteiger partial charge in [-0.3, -0.25) is 9.59 Å². The molecule has 7 heteroatoms. The monoisotopic (exact) mass is 526 g/mol. The highest BCUT2D eigenvalue weighted by molar-refractivity contribution is 6.37. The Morgan fingerprint density at radius 1 is 0.974 bits per heavy atom. The third kappa shape index (κ3) is 6.37. The summed E-state index contributed by atoms with van der Waals surface area (Å²) in [4.78, 5) is 28.0. The molecule has 0 radical (unpaired) electrons. The number of nitrogens with zero attached hydrogens (tertiary/aromatic N) is 1. The quantitative estimate of drug-likeness (QED) is 0.314. The highest BCUT2D eigenvalue weighted by atomic mass is 19.1. The maximum absolute atomic E-state index is 13.9. The van der Waals surface area contributed by atoms with Crippen LogP contribution in [0.25, 0.3) is 11.3 Å². The molecule has 3 aromatic rings. The molecule has 0 spiro atoms. The van der Waals surface area contributed by atoms with Crippen molar-refractivity contribution in [2.45, 2.75) is 45.2 Å². The van der Waals surface area contributed by atoms with Gasteiger partial charge in [0.1, 0.15) is 5.82 Å². The molecule has 1 fully saturated rings. The third-order valence-corrected chi connectivity index (χ3v) is 7.36. The molecule has 1 aliphatic heterocycles. The van der Waals surface area contributed by atoms with Crippen LogP contribution in [0.3, 0.4) is 0 Å². The summed E-state index contributed by atoms with van der Waals surface area (Å²) >= 11 is 0. The minimum Gasteiger partial charge on any atom is -0.354 e. The van der Waals surface area contributed by atoms with E-state index >= 15 is 0 Å². The molecule has 1 heterocycles. The normalized spacial score (nSPS) is 16.6. The summed E-state index contributed by atoms with van der Waals surface area (Å²) in [7, 11) is 4.05. The summed E-state index contributed by atoms with van der Waals surface area (Å²) in [5.74, 6) is -0.494. The van der Waals surface area contributed by atoms with Gasteiger partial charge in [0.15, 0.2) is 0 Å². The third-order valence-electron chi connectivity index (χ3n) is 7.36. The van der Waals surface area contributed by atoms with E-state index in [4.69, 9.17) is 0 Å². The van der Waals surface area contributed by atoms with Crippen molar-refractivity contribution in [1.82, 2.24) is 10.2 Å². The van der Waals surface area contributed by atoms with Gasteiger partial charge < -0.3 is 20.9 Å². The molecule has 0 aromatic heterocycles. The van der Waals surface area contributed by atoms with Crippen LogP contribution in [0.4, 0.5) is 15.8 Å². The molecule has 0 saturated heterocycles. The zero-order valence-electron chi connectivity index (χ0n) is 22.5. The minimum atomic E-state index is -0.406. The van der Waals surface area contributed by atoms with Crippen molar-refractivity contribution in [2.75, 3.05) is 24.7 Å². The zero-order chi connectivity index (χ0) is 27.4. The molecule has 202 valence electrons. The van der Waals surface area contributed by atoms with Gasteiger partial charge in [0, 0.05) is 30.3 Å². The standard InChI is InChI=1S/C32H35FN4O2/c1-37(2)20-21-11-14-26(15-12-21)35-30(29-27-16-13-25(33)18-28(27)36-32(29)39)24-10-6-7-22(17-24)19-34-31(38)23-8-4-3-5-9-23/h6-7,10-18,23,35H,3-5,8-9,19-20H2,1-2H3,(H,34,38)(H,36,39). The predicted octanol–water partition coefficient (Wildman–Crippen LogP) is 6.02. The average Bonchev–Trinajstić information content (AvgIpc) is 3.26. The van der Waals surface area contributed by atoms with Crippen LogP contribution in [0.5, 0.6) is 0 Å². The summed E-state index contributed by atoms with van der Waals surface area (Å²) in [5.41, 5.74) is 5.92. The van der Waals surface area contributed by atoms with Gasteiger partial charge >= 0.3 is 0 Å². The van der Waals surface area contributed by atoms with E-state index < -0.39 is 5.82 Å². The van der Waals surface area contributed by atoms with Crippen LogP contribution in [0.15, 0.2) is 66.7 Å². The van der Waals surface area contributed by atoms with Crippen LogP contribution < -0.4 is 16.0 Å². The van der Waals surface area contributed by atoms with Gasteiger partial charge in [0.05, 0.1) is 17.0 Å². The molecule has 3 N–H and O–H groups in total. The molecule has 1 aliphatic carbocycles. The number of nitrogens with one attached hydrogen (secondary N) is 3. The number of halogens is 1. The Labute approximate surface area is 229 Å². The molecule has 39 heavy (non-hydrogen) atoms. The Morgan fingerprint density at radius 2 is 1.74 bits per heavy atom. The van der Waals surface area contributed by atoms with Crippen molar-refractivity contribution in [3.05, 3.63) is 94.8 Å². The number of carbonyl (C=O) groups excluding carboxylic acids is 2. The van der Waals surface area contributed by atoms with E-state index in [9.17, 15) is 14.0 Å². The van der Waals surface area contributed by atoms with E-state index in [0.717, 1.165) is 49.0 Å². The Balaban J connectivity index is 1.47. The van der Waals surface area contributed by atoms with Crippen LogP contribution in [0.2, 0.25) is 0 Å². The van der Waals surface area contributed by atoms with Gasteiger partial charge in [-0.15, -0.1) is 0 Å². The summed E-state index contributed by atoms with van der Waals surface area (Å²) in [6.45, 7) is 1.24. The van der Waals surface area contributed by atoms with Gasteiger partial charge in [0.2, 0.25) is 5.91 Å². The molecule has 0 bridgehead atoms. The summed E-state index contributed by atoms with van der Waals surface area (Å²) in [6, 6.07) is 20.3. The van der Waals surface area contributed by atoms with E-state index in [1.807, 2.05) is 50.5 Å². The second-order valence-corrected chi connectivity index (χ2v) is 10.7. The fourth-order valence-electron chi connectivity index (χ4n) is 5.41. The van der Waals surface area contributed by atoms with Crippen LogP contribution in [0, 0.1) is 11.7 Å². The molecule has 2 aliphatic rings. The summed E-state index contributed by atoms with van der Waals surface area (Å²) in [6.07, 6.45) is 5.33. The van der Waals surface area contributed by atoms with Gasteiger partial charge in [0.25, 0.3) is 5.91 Å². The van der Waals surface area contributed by atoms with Gasteiger partial charge in [-0.2, -0.15) is 0 Å². The Hall–Kier alpha value is -3.97. The lowest BCUT2D eigenvalue weighted by atomic mass is 9.88. The lowest BCUT2D eigenvalue weighted by Crippen LogP contribution is -2.31. The highest BCUT2D eigenvalue weighted by Gasteiger charge is 2.29. The van der Waals surface area contributed by atoms with Crippen LogP contribution in [0.1, 0.15) is 54.4 Å². The first-order valence-corrected chi connectivity index (χ1v) is 13.6. The van der Waals surface area contributed by atoms with Gasteiger partial charge in [-0.25, -0.2) is 4.39 Å². The van der Waals surface area contributed by atoms with Crippen LogP contribution in [-0.2, 0) is 22.7 Å². The molecule has 5 rings (SSSR count). The number of hydrogen-bond acceptors (Lipinski definition) is 4. The molecular weight excluding hydrogens is 491 g/mol. The first kappa shape index (κ1) is 26.6. The summed E-state index contributed by atoms with van der Waals surface area (Å²) in [5, 5.41) is 9.38. The van der Waals surface area contributed by atoms with Crippen molar-refractivity contribution in [3.63, 3.8) is 0 Å². The van der Waals surface area contributed by atoms with E-state index in [1.54, 1.807) is 6.07 Å². The largest absolute Gasteiger partial charge is 0.354 e. The predicted molar refractivity (Wildman–Crippen MR) is 154 cm³/mol. The molecule has 6 nitrogen and oxygen atoms in total. The fraction of sp³-hybridized carbons (Fsp3) is 0.312. The van der Waals surface area contributed by atoms with Crippen molar-refractivity contribution < 1.29 is 14.0 Å².